The molecule has 0 unspecified atom stereocenters. The van der Waals surface area contributed by atoms with Crippen LogP contribution in [0.1, 0.15) is 23.4 Å². The SMILES string of the molecule is CN(CCNC(=O)c1cc2cc(N)ccc2o1)C1CC1. The van der Waals surface area contributed by atoms with Gasteiger partial charge in [-0.05, 0) is 44.2 Å². The second-order valence-corrected chi connectivity index (χ2v) is 5.38. The highest BCUT2D eigenvalue weighted by molar-refractivity contribution is 5.96. The van der Waals surface area contributed by atoms with Crippen molar-refractivity contribution in [3.05, 3.63) is 30.0 Å². The molecule has 1 heterocycles. The number of rotatable bonds is 5. The molecule has 0 bridgehead atoms. The van der Waals surface area contributed by atoms with Gasteiger partial charge in [-0.2, -0.15) is 0 Å². The summed E-state index contributed by atoms with van der Waals surface area (Å²) in [5.74, 6) is 0.156. The van der Waals surface area contributed by atoms with E-state index >= 15 is 0 Å². The number of benzene rings is 1. The lowest BCUT2D eigenvalue weighted by atomic mass is 10.2. The number of nitrogens with one attached hydrogen (secondary N) is 1. The molecule has 0 spiro atoms. The van der Waals surface area contributed by atoms with Gasteiger partial charge in [0, 0.05) is 30.2 Å². The zero-order valence-electron chi connectivity index (χ0n) is 11.6. The summed E-state index contributed by atoms with van der Waals surface area (Å²) < 4.78 is 5.52. The molecule has 1 saturated carbocycles. The van der Waals surface area contributed by atoms with E-state index in [1.807, 2.05) is 0 Å². The molecule has 0 atom stereocenters. The third-order valence-electron chi connectivity index (χ3n) is 3.68. The standard InChI is InChI=1S/C15H19N3O2/c1-18(12-3-4-12)7-6-17-15(19)14-9-10-8-11(16)2-5-13(10)20-14/h2,5,8-9,12H,3-4,6-7,16H2,1H3,(H,17,19). The molecule has 0 radical (unpaired) electrons. The molecule has 3 N–H and O–H groups in total. The zero-order chi connectivity index (χ0) is 14.1. The van der Waals surface area contributed by atoms with Crippen molar-refractivity contribution in [2.24, 2.45) is 0 Å². The highest BCUT2D eigenvalue weighted by Crippen LogP contribution is 2.24. The number of hydrogen-bond donors (Lipinski definition) is 2. The smallest absolute Gasteiger partial charge is 0.287 e. The van der Waals surface area contributed by atoms with Crippen molar-refractivity contribution >= 4 is 22.6 Å². The van der Waals surface area contributed by atoms with E-state index in [-0.39, 0.29) is 5.91 Å². The Balaban J connectivity index is 1.60. The van der Waals surface area contributed by atoms with Gasteiger partial charge in [0.2, 0.25) is 0 Å². The summed E-state index contributed by atoms with van der Waals surface area (Å²) in [4.78, 5) is 14.3. The normalized spacial score (nSPS) is 14.9. The average Bonchev–Trinajstić information content (AvgIpc) is 3.18. The fraction of sp³-hybridized carbons (Fsp3) is 0.400. The van der Waals surface area contributed by atoms with Crippen molar-refractivity contribution in [2.75, 3.05) is 25.9 Å². The monoisotopic (exact) mass is 273 g/mol. The second-order valence-electron chi connectivity index (χ2n) is 5.38. The van der Waals surface area contributed by atoms with Gasteiger partial charge in [-0.3, -0.25) is 4.79 Å². The van der Waals surface area contributed by atoms with Gasteiger partial charge in [0.1, 0.15) is 5.58 Å². The van der Waals surface area contributed by atoms with Crippen LogP contribution in [0.2, 0.25) is 0 Å². The van der Waals surface area contributed by atoms with E-state index in [1.54, 1.807) is 24.3 Å². The van der Waals surface area contributed by atoms with E-state index in [1.165, 1.54) is 12.8 Å². The van der Waals surface area contributed by atoms with Gasteiger partial charge in [0.15, 0.2) is 5.76 Å². The van der Waals surface area contributed by atoms with Crippen LogP contribution in [0.5, 0.6) is 0 Å². The molecule has 5 heteroatoms. The number of hydrogen-bond acceptors (Lipinski definition) is 4. The van der Waals surface area contributed by atoms with Crippen LogP contribution in [0.25, 0.3) is 11.0 Å². The summed E-state index contributed by atoms with van der Waals surface area (Å²) in [6, 6.07) is 7.78. The van der Waals surface area contributed by atoms with Gasteiger partial charge in [0.25, 0.3) is 5.91 Å². The molecule has 3 rings (SSSR count). The van der Waals surface area contributed by atoms with Gasteiger partial charge in [-0.25, -0.2) is 0 Å². The molecule has 1 aromatic heterocycles. The van der Waals surface area contributed by atoms with Crippen molar-refractivity contribution in [2.45, 2.75) is 18.9 Å². The number of anilines is 1. The first-order valence-electron chi connectivity index (χ1n) is 6.91. The minimum Gasteiger partial charge on any atom is -0.451 e. The predicted molar refractivity (Wildman–Crippen MR) is 78.6 cm³/mol. The highest BCUT2D eigenvalue weighted by Gasteiger charge is 2.25. The summed E-state index contributed by atoms with van der Waals surface area (Å²) in [6.45, 7) is 1.49. The Morgan fingerprint density at radius 3 is 3.00 bits per heavy atom. The van der Waals surface area contributed by atoms with Crippen molar-refractivity contribution in [3.8, 4) is 0 Å². The number of nitrogens with zero attached hydrogens (tertiary/aromatic N) is 1. The lowest BCUT2D eigenvalue weighted by Crippen LogP contribution is -2.33. The summed E-state index contributed by atoms with van der Waals surface area (Å²) in [5, 5.41) is 3.73. The Morgan fingerprint density at radius 1 is 1.45 bits per heavy atom. The molecule has 0 saturated heterocycles. The summed E-state index contributed by atoms with van der Waals surface area (Å²) in [7, 11) is 2.09. The molecular weight excluding hydrogens is 254 g/mol. The molecule has 5 nitrogen and oxygen atoms in total. The number of carbonyl (C=O) groups excluding carboxylic acids is 1. The number of carbonyl (C=O) groups is 1. The topological polar surface area (TPSA) is 71.5 Å². The van der Waals surface area contributed by atoms with E-state index in [0.29, 0.717) is 29.6 Å². The maximum absolute atomic E-state index is 12.0. The molecule has 1 aliphatic rings. The van der Waals surface area contributed by atoms with Crippen molar-refractivity contribution in [1.29, 1.82) is 0 Å². The van der Waals surface area contributed by atoms with Crippen LogP contribution < -0.4 is 11.1 Å². The second kappa shape index (κ2) is 5.17. The zero-order valence-corrected chi connectivity index (χ0v) is 11.6. The lowest BCUT2D eigenvalue weighted by molar-refractivity contribution is 0.0924. The molecular formula is C15H19N3O2. The number of fused-ring (bicyclic) bond motifs is 1. The van der Waals surface area contributed by atoms with Crippen LogP contribution in [-0.2, 0) is 0 Å². The van der Waals surface area contributed by atoms with E-state index in [4.69, 9.17) is 10.2 Å². The Bertz CT molecular complexity index is 631. The van der Waals surface area contributed by atoms with Gasteiger partial charge >= 0.3 is 0 Å². The third-order valence-corrected chi connectivity index (χ3v) is 3.68. The Kier molecular flexibility index (Phi) is 3.36. The van der Waals surface area contributed by atoms with Crippen molar-refractivity contribution < 1.29 is 9.21 Å². The number of nitrogen functional groups attached to an aromatic ring is 1. The van der Waals surface area contributed by atoms with Crippen LogP contribution in [0, 0.1) is 0 Å². The number of likely N-dealkylation sites (N-methyl/N-ethyl adjacent to an activating group) is 1. The van der Waals surface area contributed by atoms with Crippen molar-refractivity contribution in [3.63, 3.8) is 0 Å². The summed E-state index contributed by atoms with van der Waals surface area (Å²) >= 11 is 0. The van der Waals surface area contributed by atoms with Crippen LogP contribution in [-0.4, -0.2) is 37.0 Å². The molecule has 20 heavy (non-hydrogen) atoms. The van der Waals surface area contributed by atoms with Gasteiger partial charge in [-0.1, -0.05) is 0 Å². The van der Waals surface area contributed by atoms with Gasteiger partial charge in [-0.15, -0.1) is 0 Å². The Morgan fingerprint density at radius 2 is 2.25 bits per heavy atom. The quantitative estimate of drug-likeness (QED) is 0.815. The van der Waals surface area contributed by atoms with Crippen molar-refractivity contribution in [1.82, 2.24) is 10.2 Å². The molecule has 1 amide bonds. The summed E-state index contributed by atoms with van der Waals surface area (Å²) in [6.07, 6.45) is 2.55. The molecule has 2 aromatic rings. The minimum absolute atomic E-state index is 0.177. The minimum atomic E-state index is -0.177. The Hall–Kier alpha value is -2.01. The molecule has 0 aliphatic heterocycles. The molecule has 1 aliphatic carbocycles. The first kappa shape index (κ1) is 13.0. The van der Waals surface area contributed by atoms with Crippen LogP contribution in [0.3, 0.4) is 0 Å². The molecule has 106 valence electrons. The van der Waals surface area contributed by atoms with Crippen LogP contribution >= 0.6 is 0 Å². The van der Waals surface area contributed by atoms with E-state index < -0.39 is 0 Å². The predicted octanol–water partition coefficient (Wildman–Crippen LogP) is 1.84. The van der Waals surface area contributed by atoms with E-state index in [9.17, 15) is 4.79 Å². The third kappa shape index (κ3) is 2.77. The van der Waals surface area contributed by atoms with E-state index in [2.05, 4.69) is 17.3 Å². The first-order chi connectivity index (χ1) is 9.63. The average molecular weight is 273 g/mol. The number of nitrogens with two attached hydrogens (primary N) is 1. The number of furan rings is 1. The maximum Gasteiger partial charge on any atom is 0.287 e. The molecule has 1 fully saturated rings. The Labute approximate surface area is 117 Å². The lowest BCUT2D eigenvalue weighted by Gasteiger charge is -2.15. The fourth-order valence-corrected chi connectivity index (χ4v) is 2.30. The highest BCUT2D eigenvalue weighted by atomic mass is 16.3. The van der Waals surface area contributed by atoms with Gasteiger partial charge < -0.3 is 20.4 Å². The number of amides is 1. The van der Waals surface area contributed by atoms with Gasteiger partial charge in [0.05, 0.1) is 0 Å². The summed E-state index contributed by atoms with van der Waals surface area (Å²) in [5.41, 5.74) is 7.05. The fourth-order valence-electron chi connectivity index (χ4n) is 2.30. The largest absolute Gasteiger partial charge is 0.451 e. The van der Waals surface area contributed by atoms with Crippen LogP contribution in [0.15, 0.2) is 28.7 Å². The van der Waals surface area contributed by atoms with Crippen LogP contribution in [0.4, 0.5) is 5.69 Å². The van der Waals surface area contributed by atoms with E-state index in [0.717, 1.165) is 11.9 Å². The first-order valence-corrected chi connectivity index (χ1v) is 6.91. The molecule has 1 aromatic carbocycles. The maximum atomic E-state index is 12.0.